The fourth-order valence-corrected chi connectivity index (χ4v) is 3.56. The lowest BCUT2D eigenvalue weighted by Crippen LogP contribution is -2.40. The first-order chi connectivity index (χ1) is 13.6. The minimum atomic E-state index is 0.316. The van der Waals surface area contributed by atoms with Crippen molar-refractivity contribution in [1.29, 1.82) is 0 Å². The highest BCUT2D eigenvalue weighted by Crippen LogP contribution is 2.11. The third-order valence-corrected chi connectivity index (χ3v) is 5.38. The van der Waals surface area contributed by atoms with Crippen molar-refractivity contribution < 1.29 is 0 Å². The molecular weight excluding hydrogens is 384 g/mol. The van der Waals surface area contributed by atoms with Gasteiger partial charge in [-0.05, 0) is 49.7 Å². The van der Waals surface area contributed by atoms with Crippen LogP contribution in [-0.2, 0) is 0 Å². The lowest BCUT2D eigenvalue weighted by molar-refractivity contribution is 0.553. The van der Waals surface area contributed by atoms with Gasteiger partial charge in [0, 0.05) is 17.6 Å². The molecule has 0 spiro atoms. The van der Waals surface area contributed by atoms with E-state index in [1.165, 1.54) is 69.8 Å². The van der Waals surface area contributed by atoms with Gasteiger partial charge in [0.2, 0.25) is 0 Å². The molecule has 158 valence electrons. The van der Waals surface area contributed by atoms with Crippen LogP contribution in [0.4, 0.5) is 0 Å². The van der Waals surface area contributed by atoms with E-state index in [1.54, 1.807) is 0 Å². The Morgan fingerprint density at radius 1 is 0.964 bits per heavy atom. The molecule has 1 aromatic rings. The van der Waals surface area contributed by atoms with Crippen LogP contribution in [0.15, 0.2) is 30.3 Å². The van der Waals surface area contributed by atoms with E-state index in [9.17, 15) is 0 Å². The van der Waals surface area contributed by atoms with Gasteiger partial charge in [-0.3, -0.25) is 0 Å². The minimum absolute atomic E-state index is 0.316. The van der Waals surface area contributed by atoms with Gasteiger partial charge in [0.05, 0.1) is 0 Å². The van der Waals surface area contributed by atoms with Crippen LogP contribution in [0.2, 0.25) is 5.02 Å². The molecule has 0 aliphatic heterocycles. The maximum absolute atomic E-state index is 5.90. The Kier molecular flexibility index (Phi) is 15.0. The van der Waals surface area contributed by atoms with E-state index >= 15 is 0 Å². The lowest BCUT2D eigenvalue weighted by Gasteiger charge is -2.15. The van der Waals surface area contributed by atoms with E-state index < -0.39 is 0 Å². The Morgan fingerprint density at radius 2 is 1.54 bits per heavy atom. The van der Waals surface area contributed by atoms with E-state index in [0.29, 0.717) is 6.04 Å². The standard InChI is InChI=1S/C24H39ClN2S/c1-3-4-5-6-7-8-9-10-11-12-20-26-24(28)27-21(2)14-13-15-22-16-18-23(25)19-17-22/h13,15-19,21H,3-12,14,20H2,1-2H3,(H2,26,27,28). The van der Waals surface area contributed by atoms with E-state index in [-0.39, 0.29) is 0 Å². The largest absolute Gasteiger partial charge is 0.363 e. The molecule has 0 radical (unpaired) electrons. The molecule has 1 rings (SSSR count). The zero-order valence-electron chi connectivity index (χ0n) is 17.8. The summed E-state index contributed by atoms with van der Waals surface area (Å²) in [5.41, 5.74) is 1.17. The van der Waals surface area contributed by atoms with Gasteiger partial charge >= 0.3 is 0 Å². The van der Waals surface area contributed by atoms with Gasteiger partial charge in [-0.15, -0.1) is 0 Å². The van der Waals surface area contributed by atoms with Crippen LogP contribution in [-0.4, -0.2) is 17.7 Å². The van der Waals surface area contributed by atoms with Crippen molar-refractivity contribution >= 4 is 35.0 Å². The summed E-state index contributed by atoms with van der Waals surface area (Å²) < 4.78 is 0. The molecule has 0 saturated heterocycles. The van der Waals surface area contributed by atoms with Crippen LogP contribution in [0, 0.1) is 0 Å². The van der Waals surface area contributed by atoms with Crippen LogP contribution in [0.1, 0.15) is 90.0 Å². The van der Waals surface area contributed by atoms with Crippen molar-refractivity contribution in [2.45, 2.75) is 90.5 Å². The molecule has 4 heteroatoms. The minimum Gasteiger partial charge on any atom is -0.363 e. The molecule has 2 N–H and O–H groups in total. The Hall–Kier alpha value is -1.06. The number of halogens is 1. The fraction of sp³-hybridized carbons (Fsp3) is 0.625. The topological polar surface area (TPSA) is 24.1 Å². The summed E-state index contributed by atoms with van der Waals surface area (Å²) in [5, 5.41) is 8.23. The summed E-state index contributed by atoms with van der Waals surface area (Å²) in [5.74, 6) is 0. The van der Waals surface area contributed by atoms with Crippen molar-refractivity contribution in [3.8, 4) is 0 Å². The molecule has 0 aliphatic carbocycles. The Bertz CT molecular complexity index is 542. The average molecular weight is 423 g/mol. The predicted molar refractivity (Wildman–Crippen MR) is 130 cm³/mol. The maximum Gasteiger partial charge on any atom is 0.166 e. The van der Waals surface area contributed by atoms with Crippen molar-refractivity contribution in [3.05, 3.63) is 40.9 Å². The quantitative estimate of drug-likeness (QED) is 0.226. The molecule has 0 amide bonds. The summed E-state index contributed by atoms with van der Waals surface area (Å²) >= 11 is 11.3. The fourth-order valence-electron chi connectivity index (χ4n) is 3.13. The summed E-state index contributed by atoms with van der Waals surface area (Å²) in [6.45, 7) is 5.40. The van der Waals surface area contributed by atoms with Gasteiger partial charge in [-0.2, -0.15) is 0 Å². The monoisotopic (exact) mass is 422 g/mol. The Balaban J connectivity index is 1.97. The van der Waals surface area contributed by atoms with Crippen molar-refractivity contribution in [3.63, 3.8) is 0 Å². The zero-order chi connectivity index (χ0) is 20.5. The summed E-state index contributed by atoms with van der Waals surface area (Å²) in [4.78, 5) is 0. The Labute approximate surface area is 183 Å². The molecule has 1 aromatic carbocycles. The second-order valence-corrected chi connectivity index (χ2v) is 8.52. The van der Waals surface area contributed by atoms with Crippen LogP contribution in [0.25, 0.3) is 6.08 Å². The molecule has 1 atom stereocenters. The van der Waals surface area contributed by atoms with Gasteiger partial charge in [0.1, 0.15) is 0 Å². The lowest BCUT2D eigenvalue weighted by atomic mass is 10.1. The highest BCUT2D eigenvalue weighted by Gasteiger charge is 2.01. The van der Waals surface area contributed by atoms with Gasteiger partial charge in [0.15, 0.2) is 5.11 Å². The third kappa shape index (κ3) is 14.0. The molecule has 1 unspecified atom stereocenters. The van der Waals surface area contributed by atoms with Crippen LogP contribution in [0.3, 0.4) is 0 Å². The number of nitrogens with one attached hydrogen (secondary N) is 2. The molecule has 0 aromatic heterocycles. The van der Waals surface area contributed by atoms with Crippen molar-refractivity contribution in [2.24, 2.45) is 0 Å². The molecule has 0 saturated carbocycles. The Morgan fingerprint density at radius 3 is 2.14 bits per heavy atom. The van der Waals surface area contributed by atoms with Crippen molar-refractivity contribution in [1.82, 2.24) is 10.6 Å². The highest BCUT2D eigenvalue weighted by molar-refractivity contribution is 7.80. The van der Waals surface area contributed by atoms with E-state index in [1.807, 2.05) is 24.3 Å². The SMILES string of the molecule is CCCCCCCCCCCCNC(=S)NC(C)CC=Cc1ccc(Cl)cc1. The van der Waals surface area contributed by atoms with Gasteiger partial charge < -0.3 is 10.6 Å². The molecular formula is C24H39ClN2S. The van der Waals surface area contributed by atoms with Crippen LogP contribution < -0.4 is 10.6 Å². The molecule has 28 heavy (non-hydrogen) atoms. The highest BCUT2D eigenvalue weighted by atomic mass is 35.5. The summed E-state index contributed by atoms with van der Waals surface area (Å²) in [6.07, 6.45) is 18.8. The molecule has 0 aliphatic rings. The number of unbranched alkanes of at least 4 members (excludes halogenated alkanes) is 9. The van der Waals surface area contributed by atoms with E-state index in [4.69, 9.17) is 23.8 Å². The van der Waals surface area contributed by atoms with Gasteiger partial charge in [-0.25, -0.2) is 0 Å². The van der Waals surface area contributed by atoms with Crippen LogP contribution >= 0.6 is 23.8 Å². The first-order valence-electron chi connectivity index (χ1n) is 11.1. The third-order valence-electron chi connectivity index (χ3n) is 4.86. The first kappa shape index (κ1) is 25.0. The van der Waals surface area contributed by atoms with Gasteiger partial charge in [-0.1, -0.05) is 101 Å². The smallest absolute Gasteiger partial charge is 0.166 e. The normalized spacial score (nSPS) is 12.2. The molecule has 0 fully saturated rings. The van der Waals surface area contributed by atoms with Crippen LogP contribution in [0.5, 0.6) is 0 Å². The predicted octanol–water partition coefficient (Wildman–Crippen LogP) is 7.52. The number of rotatable bonds is 15. The second kappa shape index (κ2) is 16.9. The average Bonchev–Trinajstić information content (AvgIpc) is 2.67. The molecule has 0 heterocycles. The molecule has 2 nitrogen and oxygen atoms in total. The summed E-state index contributed by atoms with van der Waals surface area (Å²) in [6, 6.07) is 8.19. The molecule has 0 bridgehead atoms. The van der Waals surface area contributed by atoms with E-state index in [2.05, 4.69) is 36.6 Å². The number of hydrogen-bond donors (Lipinski definition) is 2. The zero-order valence-corrected chi connectivity index (χ0v) is 19.4. The number of benzene rings is 1. The number of thiocarbonyl (C=S) groups is 1. The first-order valence-corrected chi connectivity index (χ1v) is 11.9. The van der Waals surface area contributed by atoms with E-state index in [0.717, 1.165) is 23.1 Å². The maximum atomic E-state index is 5.90. The van der Waals surface area contributed by atoms with Crippen molar-refractivity contribution in [2.75, 3.05) is 6.54 Å². The number of hydrogen-bond acceptors (Lipinski definition) is 1. The summed E-state index contributed by atoms with van der Waals surface area (Å²) in [7, 11) is 0. The second-order valence-electron chi connectivity index (χ2n) is 7.67. The van der Waals surface area contributed by atoms with Gasteiger partial charge in [0.25, 0.3) is 0 Å².